The molecule has 0 aromatic rings. The zero-order valence-corrected chi connectivity index (χ0v) is 5.99. The first-order chi connectivity index (χ1) is 1.91. The minimum atomic E-state index is 0.877. The predicted molar refractivity (Wildman–Crippen MR) is 18.8 cm³/mol. The fourth-order valence-electron chi connectivity index (χ4n) is 0. The van der Waals surface area contributed by atoms with Gasteiger partial charge in [0.2, 0.25) is 0 Å². The van der Waals surface area contributed by atoms with Gasteiger partial charge in [-0.05, 0) is 0 Å². The third kappa shape index (κ3) is 2.76. The molecule has 0 rings (SSSR count). The summed E-state index contributed by atoms with van der Waals surface area (Å²) in [6.07, 6.45) is 0. The van der Waals surface area contributed by atoms with E-state index in [1.807, 2.05) is 6.92 Å². The van der Waals surface area contributed by atoms with Gasteiger partial charge in [0.1, 0.15) is 0 Å². The van der Waals surface area contributed by atoms with Gasteiger partial charge in [0.05, 0.1) is 0 Å². The van der Waals surface area contributed by atoms with Crippen LogP contribution in [-0.4, -0.2) is 29.5 Å². The molecule has 0 spiro atoms. The summed E-state index contributed by atoms with van der Waals surface area (Å²) >= 11 is 0.940. The van der Waals surface area contributed by atoms with E-state index in [1.54, 1.807) is 0 Å². The van der Waals surface area contributed by atoms with Crippen LogP contribution in [0.1, 0.15) is 6.92 Å². The van der Waals surface area contributed by atoms with E-state index in [9.17, 15) is 0 Å². The molecule has 0 bridgehead atoms. The third-order valence-electron chi connectivity index (χ3n) is 0.167. The molecular formula is C2H6OSn. The molecule has 0 aliphatic carbocycles. The predicted octanol–water partition coefficient (Wildman–Crippen LogP) is -0.161. The summed E-state index contributed by atoms with van der Waals surface area (Å²) in [4.78, 5) is 0. The molecule has 0 aliphatic rings. The molecular weight excluding hydrogens is 159 g/mol. The normalized spacial score (nSPS) is 7.50. The molecule has 1 nitrogen and oxygen atoms in total. The average molecular weight is 165 g/mol. The van der Waals surface area contributed by atoms with E-state index in [1.165, 1.54) is 0 Å². The van der Waals surface area contributed by atoms with Crippen LogP contribution in [-0.2, 0) is 3.07 Å². The van der Waals surface area contributed by atoms with Crippen molar-refractivity contribution in [1.82, 2.24) is 0 Å². The van der Waals surface area contributed by atoms with Crippen molar-refractivity contribution >= 4 is 22.9 Å². The van der Waals surface area contributed by atoms with Crippen molar-refractivity contribution in [3.63, 3.8) is 0 Å². The van der Waals surface area contributed by atoms with Crippen LogP contribution in [0.2, 0.25) is 0 Å². The van der Waals surface area contributed by atoms with Crippen LogP contribution in [0.4, 0.5) is 0 Å². The molecule has 0 fully saturated rings. The van der Waals surface area contributed by atoms with E-state index in [0.29, 0.717) is 0 Å². The summed E-state index contributed by atoms with van der Waals surface area (Å²) in [5, 5.41) is 0. The minimum absolute atomic E-state index is 0.877. The van der Waals surface area contributed by atoms with E-state index in [-0.39, 0.29) is 0 Å². The molecule has 4 heavy (non-hydrogen) atoms. The molecule has 24 valence electrons. The Morgan fingerprint density at radius 3 is 2.25 bits per heavy atom. The van der Waals surface area contributed by atoms with E-state index in [4.69, 9.17) is 0 Å². The van der Waals surface area contributed by atoms with Crippen LogP contribution in [0.25, 0.3) is 0 Å². The molecule has 0 N–H and O–H groups in total. The first kappa shape index (κ1) is 4.76. The molecule has 0 aromatic heterocycles. The molecule has 0 aromatic carbocycles. The van der Waals surface area contributed by atoms with Crippen LogP contribution in [0.3, 0.4) is 0 Å². The Bertz CT molecular complexity index is 8.00. The fourth-order valence-corrected chi connectivity index (χ4v) is 0. The van der Waals surface area contributed by atoms with Gasteiger partial charge in [-0.1, -0.05) is 0 Å². The second-order valence-corrected chi connectivity index (χ2v) is 1.41. The zero-order valence-electron chi connectivity index (χ0n) is 2.69. The molecule has 2 heteroatoms. The monoisotopic (exact) mass is 166 g/mol. The van der Waals surface area contributed by atoms with E-state index < -0.39 is 0 Å². The van der Waals surface area contributed by atoms with Crippen LogP contribution in [0.5, 0.6) is 0 Å². The number of hydrogen-bond acceptors (Lipinski definition) is 1. The van der Waals surface area contributed by atoms with Crippen molar-refractivity contribution in [2.24, 2.45) is 0 Å². The van der Waals surface area contributed by atoms with Crippen molar-refractivity contribution in [1.29, 1.82) is 0 Å². The first-order valence-corrected chi connectivity index (χ1v) is 2.58. The quantitative estimate of drug-likeness (QED) is 0.490. The fraction of sp³-hybridized carbons (Fsp3) is 1.00. The standard InChI is InChI=1S/C2H5O.Sn.H/c1-2-3;;/h2H2,1H3;;/q-1;+1;. The van der Waals surface area contributed by atoms with Gasteiger partial charge >= 0.3 is 39.5 Å². The van der Waals surface area contributed by atoms with Gasteiger partial charge in [0.25, 0.3) is 0 Å². The van der Waals surface area contributed by atoms with Gasteiger partial charge in [-0.2, -0.15) is 0 Å². The third-order valence-corrected chi connectivity index (χ3v) is 1.12. The SMILES string of the molecule is CC[O][SnH]. The maximum absolute atomic E-state index is 4.67. The van der Waals surface area contributed by atoms with E-state index in [2.05, 4.69) is 3.07 Å². The molecule has 0 saturated heterocycles. The Morgan fingerprint density at radius 1 is 2.00 bits per heavy atom. The van der Waals surface area contributed by atoms with Crippen molar-refractivity contribution in [2.45, 2.75) is 6.92 Å². The number of hydrogen-bond donors (Lipinski definition) is 0. The van der Waals surface area contributed by atoms with Crippen molar-refractivity contribution in [3.05, 3.63) is 0 Å². The Balaban J connectivity index is 1.97. The van der Waals surface area contributed by atoms with Gasteiger partial charge in [-0.3, -0.25) is 0 Å². The van der Waals surface area contributed by atoms with Gasteiger partial charge in [0, 0.05) is 0 Å². The van der Waals surface area contributed by atoms with Crippen LogP contribution < -0.4 is 0 Å². The zero-order chi connectivity index (χ0) is 3.41. The summed E-state index contributed by atoms with van der Waals surface area (Å²) in [6.45, 7) is 2.87. The molecule has 0 atom stereocenters. The van der Waals surface area contributed by atoms with Crippen LogP contribution in [0.15, 0.2) is 0 Å². The Labute approximate surface area is 40.0 Å². The van der Waals surface area contributed by atoms with Gasteiger partial charge in [-0.15, -0.1) is 0 Å². The molecule has 0 amide bonds. The van der Waals surface area contributed by atoms with Crippen molar-refractivity contribution in [2.75, 3.05) is 6.61 Å². The summed E-state index contributed by atoms with van der Waals surface area (Å²) < 4.78 is 4.67. The molecule has 0 unspecified atom stereocenters. The van der Waals surface area contributed by atoms with Crippen molar-refractivity contribution in [3.8, 4) is 0 Å². The molecule has 0 saturated carbocycles. The van der Waals surface area contributed by atoms with Gasteiger partial charge in [-0.25, -0.2) is 0 Å². The summed E-state index contributed by atoms with van der Waals surface area (Å²) in [5.41, 5.74) is 0. The topological polar surface area (TPSA) is 9.23 Å². The Kier molecular flexibility index (Phi) is 4.47. The second-order valence-electron chi connectivity index (χ2n) is 0.455. The Morgan fingerprint density at radius 2 is 2.25 bits per heavy atom. The molecule has 2 radical (unpaired) electrons. The van der Waals surface area contributed by atoms with Crippen LogP contribution >= 0.6 is 0 Å². The average Bonchev–Trinajstić information content (AvgIpc) is 1.37. The second kappa shape index (κ2) is 3.76. The summed E-state index contributed by atoms with van der Waals surface area (Å²) in [7, 11) is 0. The van der Waals surface area contributed by atoms with E-state index >= 15 is 0 Å². The van der Waals surface area contributed by atoms with Gasteiger partial charge < -0.3 is 0 Å². The molecule has 0 heterocycles. The first-order valence-electron chi connectivity index (χ1n) is 1.23. The van der Waals surface area contributed by atoms with Gasteiger partial charge in [0.15, 0.2) is 0 Å². The maximum atomic E-state index is 4.67. The van der Waals surface area contributed by atoms with Crippen molar-refractivity contribution < 1.29 is 3.07 Å². The Hall–Kier alpha value is 0.759. The summed E-state index contributed by atoms with van der Waals surface area (Å²) in [5.74, 6) is 0. The van der Waals surface area contributed by atoms with Crippen LogP contribution in [0, 0.1) is 0 Å². The van der Waals surface area contributed by atoms with E-state index in [0.717, 1.165) is 29.5 Å². The molecule has 0 aliphatic heterocycles. The number of rotatable bonds is 1. The summed E-state index contributed by atoms with van der Waals surface area (Å²) in [6, 6.07) is 0.